The lowest BCUT2D eigenvalue weighted by molar-refractivity contribution is -0.151. The average molecular weight is 338 g/mol. The lowest BCUT2D eigenvalue weighted by atomic mass is 9.96. The fraction of sp³-hybridized carbons (Fsp3) is 0.800. The second kappa shape index (κ2) is 12.1. The number of rotatable bonds is 12. The molecule has 1 fully saturated rings. The molecule has 1 saturated heterocycles. The Hall–Kier alpha value is -1.32. The summed E-state index contributed by atoms with van der Waals surface area (Å²) in [6, 6.07) is 0. The van der Waals surface area contributed by atoms with Gasteiger partial charge in [-0.1, -0.05) is 65.2 Å². The molecule has 138 valence electrons. The molecule has 0 aliphatic carbocycles. The minimum absolute atomic E-state index is 0.0996. The summed E-state index contributed by atoms with van der Waals surface area (Å²) < 4.78 is 5.35. The van der Waals surface area contributed by atoms with Crippen molar-refractivity contribution in [3.63, 3.8) is 0 Å². The summed E-state index contributed by atoms with van der Waals surface area (Å²) in [4.78, 5) is 24.1. The minimum atomic E-state index is -0.635. The number of esters is 1. The SMILES string of the molecule is CCCCCCCCCCC1CC(=O)/C(=C(\O)CCCC)C(=O)O1. The van der Waals surface area contributed by atoms with Crippen molar-refractivity contribution in [3.05, 3.63) is 11.3 Å². The highest BCUT2D eigenvalue weighted by molar-refractivity contribution is 6.19. The summed E-state index contributed by atoms with van der Waals surface area (Å²) in [6.07, 6.45) is 12.5. The molecule has 4 nitrogen and oxygen atoms in total. The monoisotopic (exact) mass is 338 g/mol. The van der Waals surface area contributed by atoms with Crippen LogP contribution in [0.2, 0.25) is 0 Å². The number of hydrogen-bond donors (Lipinski definition) is 1. The van der Waals surface area contributed by atoms with Crippen molar-refractivity contribution in [2.75, 3.05) is 0 Å². The molecular weight excluding hydrogens is 304 g/mol. The van der Waals surface area contributed by atoms with Gasteiger partial charge in [0.1, 0.15) is 17.4 Å². The number of allylic oxidation sites excluding steroid dienone is 1. The van der Waals surface area contributed by atoms with Crippen LogP contribution in [0.25, 0.3) is 0 Å². The number of aliphatic hydroxyl groups is 1. The standard InChI is InChI=1S/C20H34O4/c1-3-5-7-8-9-10-11-12-13-16-15-18(22)19(20(23)24-16)17(21)14-6-4-2/h16,21H,3-15H2,1-2H3/b19-17+. The Labute approximate surface area is 146 Å². The average Bonchev–Trinajstić information content (AvgIpc) is 2.54. The third kappa shape index (κ3) is 7.50. The fourth-order valence-electron chi connectivity index (χ4n) is 3.09. The van der Waals surface area contributed by atoms with Crippen LogP contribution >= 0.6 is 0 Å². The summed E-state index contributed by atoms with van der Waals surface area (Å²) in [5.74, 6) is -0.994. The maximum atomic E-state index is 12.1. The Morgan fingerprint density at radius 3 is 2.12 bits per heavy atom. The minimum Gasteiger partial charge on any atom is -0.511 e. The molecule has 0 amide bonds. The van der Waals surface area contributed by atoms with E-state index in [4.69, 9.17) is 4.74 Å². The van der Waals surface area contributed by atoms with Gasteiger partial charge in [-0.3, -0.25) is 4.79 Å². The molecule has 1 N–H and O–H groups in total. The molecular formula is C20H34O4. The van der Waals surface area contributed by atoms with Gasteiger partial charge in [0.05, 0.1) is 0 Å². The van der Waals surface area contributed by atoms with Crippen LogP contribution in [-0.2, 0) is 14.3 Å². The van der Waals surface area contributed by atoms with E-state index >= 15 is 0 Å². The van der Waals surface area contributed by atoms with Gasteiger partial charge in [-0.2, -0.15) is 0 Å². The molecule has 0 saturated carbocycles. The van der Waals surface area contributed by atoms with Crippen LogP contribution in [0.4, 0.5) is 0 Å². The molecule has 1 unspecified atom stereocenters. The number of ketones is 1. The molecule has 0 bridgehead atoms. The van der Waals surface area contributed by atoms with Crippen LogP contribution in [0.3, 0.4) is 0 Å². The first-order valence-electron chi connectivity index (χ1n) is 9.76. The van der Waals surface area contributed by atoms with Crippen molar-refractivity contribution >= 4 is 11.8 Å². The predicted octanol–water partition coefficient (Wildman–Crippen LogP) is 5.40. The summed E-state index contributed by atoms with van der Waals surface area (Å²) >= 11 is 0. The van der Waals surface area contributed by atoms with E-state index in [-0.39, 0.29) is 29.6 Å². The van der Waals surface area contributed by atoms with Gasteiger partial charge in [-0.15, -0.1) is 0 Å². The Morgan fingerprint density at radius 2 is 1.54 bits per heavy atom. The first kappa shape index (κ1) is 20.7. The molecule has 1 heterocycles. The van der Waals surface area contributed by atoms with Gasteiger partial charge in [0.2, 0.25) is 0 Å². The van der Waals surface area contributed by atoms with Gasteiger partial charge >= 0.3 is 5.97 Å². The largest absolute Gasteiger partial charge is 0.511 e. The van der Waals surface area contributed by atoms with E-state index in [2.05, 4.69) is 6.92 Å². The molecule has 0 radical (unpaired) electrons. The van der Waals surface area contributed by atoms with Gasteiger partial charge in [-0.05, 0) is 19.3 Å². The van der Waals surface area contributed by atoms with Crippen molar-refractivity contribution in [3.8, 4) is 0 Å². The van der Waals surface area contributed by atoms with Crippen LogP contribution in [0, 0.1) is 0 Å². The highest BCUT2D eigenvalue weighted by atomic mass is 16.5. The quantitative estimate of drug-likeness (QED) is 0.170. The lowest BCUT2D eigenvalue weighted by Crippen LogP contribution is -2.33. The zero-order chi connectivity index (χ0) is 17.8. The number of hydrogen-bond acceptors (Lipinski definition) is 4. The lowest BCUT2D eigenvalue weighted by Gasteiger charge is -2.23. The predicted molar refractivity (Wildman–Crippen MR) is 95.9 cm³/mol. The van der Waals surface area contributed by atoms with Gasteiger partial charge < -0.3 is 9.84 Å². The maximum Gasteiger partial charge on any atom is 0.345 e. The number of Topliss-reactive ketones (excluding diaryl/α,β-unsaturated/α-hetero) is 1. The van der Waals surface area contributed by atoms with Gasteiger partial charge in [-0.25, -0.2) is 4.79 Å². The van der Waals surface area contributed by atoms with E-state index in [0.717, 1.165) is 32.1 Å². The zero-order valence-electron chi connectivity index (χ0n) is 15.4. The van der Waals surface area contributed by atoms with E-state index < -0.39 is 5.97 Å². The Balaban J connectivity index is 2.27. The molecule has 1 atom stereocenters. The number of unbranched alkanes of at least 4 members (excludes halogenated alkanes) is 8. The summed E-state index contributed by atoms with van der Waals surface area (Å²) in [5.41, 5.74) is -0.115. The van der Waals surface area contributed by atoms with E-state index in [1.165, 1.54) is 38.5 Å². The van der Waals surface area contributed by atoms with Crippen molar-refractivity contribution < 1.29 is 19.4 Å². The molecule has 1 aliphatic heterocycles. The van der Waals surface area contributed by atoms with E-state index in [9.17, 15) is 14.7 Å². The van der Waals surface area contributed by atoms with Crippen LogP contribution < -0.4 is 0 Å². The Kier molecular flexibility index (Phi) is 10.4. The number of carbonyl (C=O) groups is 2. The van der Waals surface area contributed by atoms with E-state index in [1.54, 1.807) is 0 Å². The Morgan fingerprint density at radius 1 is 0.958 bits per heavy atom. The van der Waals surface area contributed by atoms with Gasteiger partial charge in [0, 0.05) is 12.8 Å². The molecule has 0 spiro atoms. The number of aliphatic hydroxyl groups excluding tert-OH is 1. The van der Waals surface area contributed by atoms with Crippen molar-refractivity contribution in [1.29, 1.82) is 0 Å². The summed E-state index contributed by atoms with van der Waals surface area (Å²) in [7, 11) is 0. The van der Waals surface area contributed by atoms with Gasteiger partial charge in [0.15, 0.2) is 5.78 Å². The van der Waals surface area contributed by atoms with Gasteiger partial charge in [0.25, 0.3) is 0 Å². The Bertz CT molecular complexity index is 405. The fourth-order valence-corrected chi connectivity index (χ4v) is 3.09. The van der Waals surface area contributed by atoms with E-state index in [0.29, 0.717) is 6.42 Å². The van der Waals surface area contributed by atoms with Crippen molar-refractivity contribution in [1.82, 2.24) is 0 Å². The van der Waals surface area contributed by atoms with Crippen LogP contribution in [0.15, 0.2) is 11.3 Å². The second-order valence-electron chi connectivity index (χ2n) is 6.84. The third-order valence-corrected chi connectivity index (χ3v) is 4.61. The normalized spacial score (nSPS) is 20.2. The van der Waals surface area contributed by atoms with Crippen molar-refractivity contribution in [2.24, 2.45) is 0 Å². The van der Waals surface area contributed by atoms with Crippen LogP contribution in [0.1, 0.15) is 97.3 Å². The summed E-state index contributed by atoms with van der Waals surface area (Å²) in [6.45, 7) is 4.22. The van der Waals surface area contributed by atoms with E-state index in [1.807, 2.05) is 6.92 Å². The second-order valence-corrected chi connectivity index (χ2v) is 6.84. The number of ether oxygens (including phenoxy) is 1. The first-order valence-corrected chi connectivity index (χ1v) is 9.76. The first-order chi connectivity index (χ1) is 11.6. The smallest absolute Gasteiger partial charge is 0.345 e. The number of cyclic esters (lactones) is 1. The van der Waals surface area contributed by atoms with Crippen LogP contribution in [0.5, 0.6) is 0 Å². The van der Waals surface area contributed by atoms with Crippen molar-refractivity contribution in [2.45, 2.75) is 103 Å². The van der Waals surface area contributed by atoms with Crippen LogP contribution in [-0.4, -0.2) is 23.0 Å². The zero-order valence-corrected chi connectivity index (χ0v) is 15.4. The topological polar surface area (TPSA) is 63.6 Å². The highest BCUT2D eigenvalue weighted by Crippen LogP contribution is 2.24. The molecule has 1 aliphatic rings. The molecule has 4 heteroatoms. The molecule has 24 heavy (non-hydrogen) atoms. The molecule has 0 aromatic heterocycles. The summed E-state index contributed by atoms with van der Waals surface area (Å²) in [5, 5.41) is 9.92. The highest BCUT2D eigenvalue weighted by Gasteiger charge is 2.34. The maximum absolute atomic E-state index is 12.1. The molecule has 1 rings (SSSR count). The molecule has 0 aromatic carbocycles. The molecule has 0 aromatic rings. The number of carbonyl (C=O) groups excluding carboxylic acids is 2. The third-order valence-electron chi connectivity index (χ3n) is 4.61.